The molecule has 1 nitrogen and oxygen atoms in total. The fraction of sp³-hybridized carbons (Fsp3) is 0.250. The first-order chi connectivity index (χ1) is 8.34. The lowest BCUT2D eigenvalue weighted by Gasteiger charge is -2.30. The van der Waals surface area contributed by atoms with Crippen molar-refractivity contribution in [3.63, 3.8) is 0 Å². The van der Waals surface area contributed by atoms with Crippen LogP contribution in [0.15, 0.2) is 54.6 Å². The second kappa shape index (κ2) is 4.34. The molecule has 2 N–H and O–H groups in total. The van der Waals surface area contributed by atoms with Gasteiger partial charge in [0, 0.05) is 12.0 Å². The Morgan fingerprint density at radius 3 is 2.41 bits per heavy atom. The van der Waals surface area contributed by atoms with E-state index in [4.69, 9.17) is 5.73 Å². The van der Waals surface area contributed by atoms with Crippen LogP contribution in [0.25, 0.3) is 0 Å². The molecule has 0 bridgehead atoms. The molecule has 0 aromatic heterocycles. The molecule has 0 aliphatic heterocycles. The Bertz CT molecular complexity index is 504. The number of hydrogen-bond acceptors (Lipinski definition) is 1. The summed E-state index contributed by atoms with van der Waals surface area (Å²) < 4.78 is 0. The number of benzene rings is 2. The van der Waals surface area contributed by atoms with Crippen LogP contribution in [0, 0.1) is 0 Å². The van der Waals surface area contributed by atoms with Crippen LogP contribution < -0.4 is 5.73 Å². The molecule has 0 spiro atoms. The van der Waals surface area contributed by atoms with Gasteiger partial charge in [0.15, 0.2) is 0 Å². The lowest BCUT2D eigenvalue weighted by atomic mass is 9.77. The molecule has 86 valence electrons. The zero-order chi connectivity index (χ0) is 11.7. The molecular formula is C16H17N. The van der Waals surface area contributed by atoms with Crippen LogP contribution in [0.3, 0.4) is 0 Å². The van der Waals surface area contributed by atoms with E-state index in [1.807, 2.05) is 0 Å². The highest BCUT2D eigenvalue weighted by atomic mass is 14.6. The highest BCUT2D eigenvalue weighted by molar-refractivity contribution is 5.40. The van der Waals surface area contributed by atoms with Crippen molar-refractivity contribution in [2.75, 3.05) is 0 Å². The summed E-state index contributed by atoms with van der Waals surface area (Å²) in [6.07, 6.45) is 2.07. The third-order valence-electron chi connectivity index (χ3n) is 3.65. The molecule has 0 radical (unpaired) electrons. The van der Waals surface area contributed by atoms with Gasteiger partial charge in [-0.1, -0.05) is 54.6 Å². The second-order valence-electron chi connectivity index (χ2n) is 4.86. The highest BCUT2D eigenvalue weighted by Gasteiger charge is 2.25. The van der Waals surface area contributed by atoms with Gasteiger partial charge in [-0.25, -0.2) is 0 Å². The van der Waals surface area contributed by atoms with E-state index in [0.29, 0.717) is 5.92 Å². The Morgan fingerprint density at radius 1 is 0.882 bits per heavy atom. The van der Waals surface area contributed by atoms with Gasteiger partial charge in [-0.15, -0.1) is 0 Å². The van der Waals surface area contributed by atoms with Crippen molar-refractivity contribution in [2.45, 2.75) is 24.8 Å². The van der Waals surface area contributed by atoms with Gasteiger partial charge in [0.05, 0.1) is 0 Å². The Balaban J connectivity index is 2.07. The molecule has 2 aromatic rings. The minimum absolute atomic E-state index is 0.287. The van der Waals surface area contributed by atoms with Crippen molar-refractivity contribution < 1.29 is 0 Å². The van der Waals surface area contributed by atoms with Gasteiger partial charge in [0.2, 0.25) is 0 Å². The van der Waals surface area contributed by atoms with Gasteiger partial charge in [-0.05, 0) is 29.5 Å². The van der Waals surface area contributed by atoms with Crippen molar-refractivity contribution in [3.8, 4) is 0 Å². The van der Waals surface area contributed by atoms with Crippen LogP contribution in [0.1, 0.15) is 29.0 Å². The predicted molar refractivity (Wildman–Crippen MR) is 71.0 cm³/mol. The summed E-state index contributed by atoms with van der Waals surface area (Å²) in [6.45, 7) is 0. The van der Waals surface area contributed by atoms with Crippen molar-refractivity contribution in [2.24, 2.45) is 5.73 Å². The highest BCUT2D eigenvalue weighted by Crippen LogP contribution is 2.35. The summed E-state index contributed by atoms with van der Waals surface area (Å²) in [5.74, 6) is 0.469. The molecule has 17 heavy (non-hydrogen) atoms. The zero-order valence-electron chi connectivity index (χ0n) is 9.84. The molecule has 0 saturated carbocycles. The standard InChI is InChI=1S/C16H17N/c17-14-10-13-8-4-5-9-15(13)16(11-14)12-6-2-1-3-7-12/h1-9,14,16H,10-11,17H2/t14-,16-/m1/s1. The van der Waals surface area contributed by atoms with E-state index in [1.54, 1.807) is 0 Å². The topological polar surface area (TPSA) is 26.0 Å². The van der Waals surface area contributed by atoms with E-state index in [0.717, 1.165) is 12.8 Å². The van der Waals surface area contributed by atoms with Crippen molar-refractivity contribution >= 4 is 0 Å². The first-order valence-electron chi connectivity index (χ1n) is 6.23. The molecular weight excluding hydrogens is 206 g/mol. The Labute approximate surface area is 102 Å². The smallest absolute Gasteiger partial charge is 0.0107 e. The average molecular weight is 223 g/mol. The SMILES string of the molecule is N[C@@H]1Cc2ccccc2[C@@H](c2ccccc2)C1. The molecule has 3 rings (SSSR count). The molecule has 2 atom stereocenters. The Hall–Kier alpha value is -1.60. The molecule has 0 fully saturated rings. The molecule has 0 saturated heterocycles. The minimum atomic E-state index is 0.287. The maximum atomic E-state index is 6.18. The molecule has 1 aliphatic carbocycles. The van der Waals surface area contributed by atoms with Crippen LogP contribution in [-0.2, 0) is 6.42 Å². The maximum Gasteiger partial charge on any atom is 0.0107 e. The lowest BCUT2D eigenvalue weighted by Crippen LogP contribution is -2.30. The van der Waals surface area contributed by atoms with E-state index < -0.39 is 0 Å². The monoisotopic (exact) mass is 223 g/mol. The van der Waals surface area contributed by atoms with E-state index in [9.17, 15) is 0 Å². The summed E-state index contributed by atoms with van der Waals surface area (Å²) in [5, 5.41) is 0. The quantitative estimate of drug-likeness (QED) is 0.790. The summed E-state index contributed by atoms with van der Waals surface area (Å²) >= 11 is 0. The Kier molecular flexibility index (Phi) is 2.69. The van der Waals surface area contributed by atoms with Crippen LogP contribution in [0.5, 0.6) is 0 Å². The van der Waals surface area contributed by atoms with Crippen LogP contribution in [-0.4, -0.2) is 6.04 Å². The first kappa shape index (κ1) is 10.5. The van der Waals surface area contributed by atoms with Crippen molar-refractivity contribution in [1.29, 1.82) is 0 Å². The first-order valence-corrected chi connectivity index (χ1v) is 6.23. The normalized spacial score (nSPS) is 23.1. The van der Waals surface area contributed by atoms with Gasteiger partial charge in [-0.3, -0.25) is 0 Å². The number of hydrogen-bond donors (Lipinski definition) is 1. The third kappa shape index (κ3) is 1.98. The zero-order valence-corrected chi connectivity index (χ0v) is 9.84. The predicted octanol–water partition coefficient (Wildman–Crippen LogP) is 3.09. The molecule has 0 amide bonds. The molecule has 0 heterocycles. The van der Waals surface area contributed by atoms with Crippen molar-refractivity contribution in [3.05, 3.63) is 71.3 Å². The molecule has 2 aromatic carbocycles. The fourth-order valence-electron chi connectivity index (χ4n) is 2.86. The van der Waals surface area contributed by atoms with Gasteiger partial charge in [0.25, 0.3) is 0 Å². The van der Waals surface area contributed by atoms with Gasteiger partial charge >= 0.3 is 0 Å². The number of nitrogens with two attached hydrogens (primary N) is 1. The number of rotatable bonds is 1. The summed E-state index contributed by atoms with van der Waals surface area (Å²) in [6, 6.07) is 19.7. The lowest BCUT2D eigenvalue weighted by molar-refractivity contribution is 0.531. The Morgan fingerprint density at radius 2 is 1.59 bits per heavy atom. The maximum absolute atomic E-state index is 6.18. The average Bonchev–Trinajstić information content (AvgIpc) is 2.39. The van der Waals surface area contributed by atoms with Crippen LogP contribution in [0.4, 0.5) is 0 Å². The van der Waals surface area contributed by atoms with Crippen LogP contribution >= 0.6 is 0 Å². The van der Waals surface area contributed by atoms with Gasteiger partial charge in [-0.2, -0.15) is 0 Å². The van der Waals surface area contributed by atoms with E-state index >= 15 is 0 Å². The second-order valence-corrected chi connectivity index (χ2v) is 4.86. The van der Waals surface area contributed by atoms with Gasteiger partial charge in [0.1, 0.15) is 0 Å². The fourth-order valence-corrected chi connectivity index (χ4v) is 2.86. The minimum Gasteiger partial charge on any atom is -0.327 e. The van der Waals surface area contributed by atoms with Crippen LogP contribution in [0.2, 0.25) is 0 Å². The van der Waals surface area contributed by atoms with E-state index in [1.165, 1.54) is 16.7 Å². The molecule has 0 unspecified atom stereocenters. The van der Waals surface area contributed by atoms with E-state index in [-0.39, 0.29) is 6.04 Å². The largest absolute Gasteiger partial charge is 0.327 e. The third-order valence-corrected chi connectivity index (χ3v) is 3.65. The summed E-state index contributed by atoms with van der Waals surface area (Å²) in [4.78, 5) is 0. The van der Waals surface area contributed by atoms with Gasteiger partial charge < -0.3 is 5.73 Å². The van der Waals surface area contributed by atoms with Crippen molar-refractivity contribution in [1.82, 2.24) is 0 Å². The van der Waals surface area contributed by atoms with E-state index in [2.05, 4.69) is 54.6 Å². The molecule has 1 heteroatoms. The summed E-state index contributed by atoms with van der Waals surface area (Å²) in [7, 11) is 0. The molecule has 1 aliphatic rings. The number of fused-ring (bicyclic) bond motifs is 1. The summed E-state index contributed by atoms with van der Waals surface area (Å²) in [5.41, 5.74) is 10.4.